The van der Waals surface area contributed by atoms with Crippen LogP contribution in [0.3, 0.4) is 0 Å². The summed E-state index contributed by atoms with van der Waals surface area (Å²) in [5.41, 5.74) is 2.15. The lowest BCUT2D eigenvalue weighted by atomic mass is 9.87. The number of carbonyl (C=O) groups is 1. The van der Waals surface area contributed by atoms with Crippen LogP contribution in [0.1, 0.15) is 17.9 Å². The van der Waals surface area contributed by atoms with Crippen molar-refractivity contribution < 1.29 is 19.4 Å². The molecule has 0 aliphatic carbocycles. The molecule has 1 aromatic carbocycles. The first kappa shape index (κ1) is 16.8. The first-order valence-corrected chi connectivity index (χ1v) is 9.11. The summed E-state index contributed by atoms with van der Waals surface area (Å²) in [6.45, 7) is 1.01. The molecule has 4 heterocycles. The lowest BCUT2D eigenvalue weighted by Gasteiger charge is -2.36. The molecule has 0 radical (unpaired) electrons. The van der Waals surface area contributed by atoms with Gasteiger partial charge in [-0.25, -0.2) is 4.79 Å². The average Bonchev–Trinajstić information content (AvgIpc) is 3.37. The molecule has 2 aliphatic rings. The van der Waals surface area contributed by atoms with Crippen molar-refractivity contribution in [1.82, 2.24) is 19.5 Å². The number of aliphatic hydroxyl groups is 1. The zero-order chi connectivity index (χ0) is 19.1. The van der Waals surface area contributed by atoms with Crippen molar-refractivity contribution in [3.63, 3.8) is 0 Å². The van der Waals surface area contributed by atoms with Crippen LogP contribution in [0, 0.1) is 0 Å². The Morgan fingerprint density at radius 1 is 1.25 bits per heavy atom. The minimum atomic E-state index is -0.663. The molecule has 2 aliphatic heterocycles. The predicted molar refractivity (Wildman–Crippen MR) is 99.5 cm³/mol. The second-order valence-electron chi connectivity index (χ2n) is 6.94. The smallest absolute Gasteiger partial charge is 0.322 e. The number of likely N-dealkylation sites (tertiary alicyclic amines) is 1. The predicted octanol–water partition coefficient (Wildman–Crippen LogP) is 1.84. The summed E-state index contributed by atoms with van der Waals surface area (Å²) >= 11 is 0. The van der Waals surface area contributed by atoms with E-state index in [0.29, 0.717) is 30.0 Å². The van der Waals surface area contributed by atoms with Gasteiger partial charge in [-0.05, 0) is 36.2 Å². The number of nitrogens with one attached hydrogen (secondary N) is 1. The Morgan fingerprint density at radius 2 is 2.14 bits per heavy atom. The molecule has 3 aromatic rings. The van der Waals surface area contributed by atoms with Gasteiger partial charge in [-0.2, -0.15) is 0 Å². The van der Waals surface area contributed by atoms with Gasteiger partial charge in [0.1, 0.15) is 6.33 Å². The molecule has 5 rings (SSSR count). The van der Waals surface area contributed by atoms with Crippen molar-refractivity contribution in [3.8, 4) is 11.5 Å². The minimum Gasteiger partial charge on any atom is -0.454 e. The molecule has 9 heteroatoms. The maximum Gasteiger partial charge on any atom is 0.322 e. The van der Waals surface area contributed by atoms with Crippen LogP contribution in [0.5, 0.6) is 11.5 Å². The standard InChI is InChI=1S/C19H19N5O4/c25-15-9-23(19(26)21-14-2-1-6-24-10-20-22-18(14)24)7-5-13(15)12-3-4-16-17(8-12)28-11-27-16/h1-4,6,8,10,13,15,25H,5,7,9,11H2,(H,21,26)/t13-,15+/m0/s1. The number of urea groups is 1. The number of fused-ring (bicyclic) bond motifs is 2. The molecule has 0 unspecified atom stereocenters. The second kappa shape index (κ2) is 6.68. The number of aromatic nitrogens is 3. The van der Waals surface area contributed by atoms with Crippen LogP contribution < -0.4 is 14.8 Å². The summed E-state index contributed by atoms with van der Waals surface area (Å²) in [7, 11) is 0. The number of piperidine rings is 1. The Morgan fingerprint density at radius 3 is 3.04 bits per heavy atom. The summed E-state index contributed by atoms with van der Waals surface area (Å²) < 4.78 is 12.5. The summed E-state index contributed by atoms with van der Waals surface area (Å²) in [4.78, 5) is 14.3. The van der Waals surface area contributed by atoms with Crippen molar-refractivity contribution in [2.45, 2.75) is 18.4 Å². The molecule has 0 spiro atoms. The second-order valence-corrected chi connectivity index (χ2v) is 6.94. The number of β-amino-alcohol motifs (C(OH)–C–C–N with tert-alkyl or cyclic N) is 1. The highest BCUT2D eigenvalue weighted by Crippen LogP contribution is 2.37. The van der Waals surface area contributed by atoms with Crippen LogP contribution in [0.15, 0.2) is 42.9 Å². The molecule has 28 heavy (non-hydrogen) atoms. The third kappa shape index (κ3) is 2.89. The van der Waals surface area contributed by atoms with Crippen molar-refractivity contribution >= 4 is 17.4 Å². The quantitative estimate of drug-likeness (QED) is 0.702. The van der Waals surface area contributed by atoms with Gasteiger partial charge in [-0.3, -0.25) is 4.40 Å². The number of pyridine rings is 1. The van der Waals surface area contributed by atoms with Crippen molar-refractivity contribution in [1.29, 1.82) is 0 Å². The Bertz CT molecular complexity index is 1040. The number of benzene rings is 1. The first-order valence-electron chi connectivity index (χ1n) is 9.11. The van der Waals surface area contributed by atoms with E-state index in [1.807, 2.05) is 30.5 Å². The molecular formula is C19H19N5O4. The average molecular weight is 381 g/mol. The van der Waals surface area contributed by atoms with E-state index in [4.69, 9.17) is 9.47 Å². The van der Waals surface area contributed by atoms with Crippen LogP contribution in [0.25, 0.3) is 5.65 Å². The fraction of sp³-hybridized carbons (Fsp3) is 0.316. The monoisotopic (exact) mass is 381 g/mol. The highest BCUT2D eigenvalue weighted by atomic mass is 16.7. The Hall–Kier alpha value is -3.33. The maximum absolute atomic E-state index is 12.7. The number of ether oxygens (including phenoxy) is 2. The number of hydrogen-bond acceptors (Lipinski definition) is 6. The lowest BCUT2D eigenvalue weighted by molar-refractivity contribution is 0.0688. The number of carbonyl (C=O) groups excluding carboxylic acids is 1. The van der Waals surface area contributed by atoms with E-state index in [2.05, 4.69) is 15.5 Å². The third-order valence-corrected chi connectivity index (χ3v) is 5.26. The van der Waals surface area contributed by atoms with E-state index in [9.17, 15) is 9.90 Å². The van der Waals surface area contributed by atoms with Crippen LogP contribution in [0.4, 0.5) is 10.5 Å². The molecule has 144 valence electrons. The number of aliphatic hydroxyl groups excluding tert-OH is 1. The number of rotatable bonds is 2. The van der Waals surface area contributed by atoms with Crippen molar-refractivity contribution in [2.24, 2.45) is 0 Å². The van der Waals surface area contributed by atoms with E-state index >= 15 is 0 Å². The SMILES string of the molecule is O=C(Nc1cccn2cnnc12)N1CC[C@@H](c2ccc3c(c2)OCO3)[C@H](O)C1. The van der Waals surface area contributed by atoms with Crippen molar-refractivity contribution in [2.75, 3.05) is 25.2 Å². The van der Waals surface area contributed by atoms with E-state index in [1.54, 1.807) is 21.7 Å². The van der Waals surface area contributed by atoms with Crippen LogP contribution in [-0.4, -0.2) is 56.6 Å². The Labute approximate surface area is 160 Å². The zero-order valence-corrected chi connectivity index (χ0v) is 15.0. The molecule has 0 saturated carbocycles. The number of amides is 2. The van der Waals surface area contributed by atoms with E-state index < -0.39 is 6.10 Å². The van der Waals surface area contributed by atoms with E-state index in [-0.39, 0.29) is 25.3 Å². The topological polar surface area (TPSA) is 101 Å². The van der Waals surface area contributed by atoms with Crippen LogP contribution in [0.2, 0.25) is 0 Å². The molecule has 2 N–H and O–H groups in total. The number of nitrogens with zero attached hydrogens (tertiary/aromatic N) is 4. The van der Waals surface area contributed by atoms with Gasteiger partial charge in [0.25, 0.3) is 0 Å². The third-order valence-electron chi connectivity index (χ3n) is 5.26. The number of hydrogen-bond donors (Lipinski definition) is 2. The Balaban J connectivity index is 1.28. The highest BCUT2D eigenvalue weighted by Gasteiger charge is 2.32. The molecule has 2 amide bonds. The number of anilines is 1. The molecule has 2 atom stereocenters. The maximum atomic E-state index is 12.7. The summed E-state index contributed by atoms with van der Waals surface area (Å²) in [6.07, 6.45) is 3.38. The van der Waals surface area contributed by atoms with Gasteiger partial charge in [0.2, 0.25) is 6.79 Å². The molecule has 0 bridgehead atoms. The molecule has 2 aromatic heterocycles. The summed E-state index contributed by atoms with van der Waals surface area (Å²) in [6, 6.07) is 9.05. The van der Waals surface area contributed by atoms with Crippen molar-refractivity contribution in [3.05, 3.63) is 48.4 Å². The van der Waals surface area contributed by atoms with Crippen LogP contribution >= 0.6 is 0 Å². The molecule has 9 nitrogen and oxygen atoms in total. The van der Waals surface area contributed by atoms with E-state index in [1.165, 1.54) is 0 Å². The fourth-order valence-corrected chi connectivity index (χ4v) is 3.79. The van der Waals surface area contributed by atoms with Gasteiger partial charge in [0.15, 0.2) is 17.1 Å². The van der Waals surface area contributed by atoms with Crippen LogP contribution in [-0.2, 0) is 0 Å². The minimum absolute atomic E-state index is 0.0570. The van der Waals surface area contributed by atoms with E-state index in [0.717, 1.165) is 11.3 Å². The highest BCUT2D eigenvalue weighted by molar-refractivity contribution is 5.93. The summed E-state index contributed by atoms with van der Waals surface area (Å²) in [5.74, 6) is 1.36. The molecule has 1 fully saturated rings. The van der Waals surface area contributed by atoms with Gasteiger partial charge < -0.3 is 24.8 Å². The Kier molecular flexibility index (Phi) is 4.01. The molecular weight excluding hydrogens is 362 g/mol. The largest absolute Gasteiger partial charge is 0.454 e. The van der Waals surface area contributed by atoms with Gasteiger partial charge in [0.05, 0.1) is 11.8 Å². The van der Waals surface area contributed by atoms with Gasteiger partial charge in [-0.15, -0.1) is 10.2 Å². The lowest BCUT2D eigenvalue weighted by Crippen LogP contribution is -2.47. The fourth-order valence-electron chi connectivity index (χ4n) is 3.79. The first-order chi connectivity index (χ1) is 13.7. The zero-order valence-electron chi connectivity index (χ0n) is 15.0. The normalized spacial score (nSPS) is 21.1. The summed E-state index contributed by atoms with van der Waals surface area (Å²) in [5, 5.41) is 21.4. The van der Waals surface area contributed by atoms with Gasteiger partial charge in [-0.1, -0.05) is 6.07 Å². The van der Waals surface area contributed by atoms with Gasteiger partial charge >= 0.3 is 6.03 Å². The van der Waals surface area contributed by atoms with Gasteiger partial charge in [0, 0.05) is 25.2 Å². The molecule has 1 saturated heterocycles.